The van der Waals surface area contributed by atoms with Gasteiger partial charge in [0.25, 0.3) is 0 Å². The summed E-state index contributed by atoms with van der Waals surface area (Å²) in [6.07, 6.45) is -4.40. The van der Waals surface area contributed by atoms with Crippen molar-refractivity contribution in [2.45, 2.75) is 39.5 Å². The third-order valence-corrected chi connectivity index (χ3v) is 4.81. The summed E-state index contributed by atoms with van der Waals surface area (Å²) in [5, 5.41) is 2.78. The zero-order valence-corrected chi connectivity index (χ0v) is 17.8. The lowest BCUT2D eigenvalue weighted by molar-refractivity contribution is -0.153. The normalized spacial score (nSPS) is 12.5. The Morgan fingerprint density at radius 2 is 1.68 bits per heavy atom. The van der Waals surface area contributed by atoms with E-state index in [0.717, 1.165) is 5.56 Å². The molecule has 2 aromatic carbocycles. The Hall–Kier alpha value is -3.07. The molecule has 6 nitrogen and oxygen atoms in total. The number of hydrogen-bond donors (Lipinski definition) is 2. The fourth-order valence-corrected chi connectivity index (χ4v) is 3.10. The molecule has 1 atom stereocenters. The highest BCUT2D eigenvalue weighted by molar-refractivity contribution is 5.96. The van der Waals surface area contributed by atoms with Gasteiger partial charge >= 0.3 is 6.18 Å². The lowest BCUT2D eigenvalue weighted by Crippen LogP contribution is -2.39. The van der Waals surface area contributed by atoms with Crippen molar-refractivity contribution in [3.8, 4) is 5.75 Å². The molecule has 2 aromatic rings. The molecular weight excluding hydrogens is 411 g/mol. The summed E-state index contributed by atoms with van der Waals surface area (Å²) in [6.45, 7) is 4.19. The number of rotatable bonds is 8. The molecule has 2 amide bonds. The smallest absolute Gasteiger partial charge is 0.422 e. The van der Waals surface area contributed by atoms with Gasteiger partial charge in [0.1, 0.15) is 5.75 Å². The van der Waals surface area contributed by atoms with Gasteiger partial charge < -0.3 is 15.8 Å². The maximum Gasteiger partial charge on any atom is 0.422 e. The van der Waals surface area contributed by atoms with Crippen molar-refractivity contribution in [2.24, 2.45) is 5.73 Å². The van der Waals surface area contributed by atoms with E-state index < -0.39 is 24.7 Å². The van der Waals surface area contributed by atoms with Crippen LogP contribution in [0.5, 0.6) is 5.75 Å². The standard InChI is InChI=1S/C22H26F3N3O3/c1-13-9-16(10-14(2)19(13)31-12-22(23,24)25)11-28(4)15(3)21(30)27-18-7-5-17(6-8-18)20(26)29/h5-10,15H,11-12H2,1-4H3,(H2,26,29)(H,27,30). The highest BCUT2D eigenvalue weighted by Gasteiger charge is 2.29. The molecule has 0 saturated carbocycles. The Morgan fingerprint density at radius 3 is 2.16 bits per heavy atom. The van der Waals surface area contributed by atoms with Gasteiger partial charge in [-0.3, -0.25) is 14.5 Å². The van der Waals surface area contributed by atoms with Crippen molar-refractivity contribution < 1.29 is 27.5 Å². The van der Waals surface area contributed by atoms with E-state index in [1.54, 1.807) is 52.1 Å². The van der Waals surface area contributed by atoms with Crippen molar-refractivity contribution in [1.29, 1.82) is 0 Å². The molecule has 0 saturated heterocycles. The number of aryl methyl sites for hydroxylation is 2. The fraction of sp³-hybridized carbons (Fsp3) is 0.364. The first-order chi connectivity index (χ1) is 14.4. The number of benzene rings is 2. The molecule has 0 aliphatic rings. The van der Waals surface area contributed by atoms with Gasteiger partial charge in [0.05, 0.1) is 6.04 Å². The predicted octanol–water partition coefficient (Wildman–Crippen LogP) is 3.80. The first kappa shape index (κ1) is 24.2. The van der Waals surface area contributed by atoms with Gasteiger partial charge in [-0.25, -0.2) is 0 Å². The van der Waals surface area contributed by atoms with E-state index in [9.17, 15) is 22.8 Å². The number of carbonyl (C=O) groups excluding carboxylic acids is 2. The molecule has 31 heavy (non-hydrogen) atoms. The van der Waals surface area contributed by atoms with Crippen molar-refractivity contribution in [2.75, 3.05) is 19.0 Å². The summed E-state index contributed by atoms with van der Waals surface area (Å²) in [5.74, 6) is -0.576. The van der Waals surface area contributed by atoms with Crippen LogP contribution in [0.15, 0.2) is 36.4 Å². The van der Waals surface area contributed by atoms with Crippen LogP contribution >= 0.6 is 0 Å². The molecule has 0 aliphatic carbocycles. The summed E-state index contributed by atoms with van der Waals surface area (Å²) in [6, 6.07) is 9.26. The molecule has 0 bridgehead atoms. The van der Waals surface area contributed by atoms with E-state index in [1.807, 2.05) is 4.90 Å². The van der Waals surface area contributed by atoms with Gasteiger partial charge in [-0.2, -0.15) is 13.2 Å². The van der Waals surface area contributed by atoms with Gasteiger partial charge in [0, 0.05) is 17.8 Å². The van der Waals surface area contributed by atoms with Crippen LogP contribution in [0.1, 0.15) is 34.0 Å². The second-order valence-corrected chi connectivity index (χ2v) is 7.48. The molecule has 0 aromatic heterocycles. The number of amides is 2. The SMILES string of the molecule is Cc1cc(CN(C)C(C)C(=O)Nc2ccc(C(N)=O)cc2)cc(C)c1OCC(F)(F)F. The van der Waals surface area contributed by atoms with Crippen LogP contribution in [0.4, 0.5) is 18.9 Å². The Kier molecular flexibility index (Phi) is 7.67. The minimum Gasteiger partial charge on any atom is -0.484 e. The maximum absolute atomic E-state index is 12.6. The lowest BCUT2D eigenvalue weighted by Gasteiger charge is -2.25. The third-order valence-electron chi connectivity index (χ3n) is 4.81. The van der Waals surface area contributed by atoms with E-state index in [0.29, 0.717) is 28.9 Å². The van der Waals surface area contributed by atoms with E-state index in [1.165, 1.54) is 12.1 Å². The summed E-state index contributed by atoms with van der Waals surface area (Å²) in [4.78, 5) is 25.5. The highest BCUT2D eigenvalue weighted by Crippen LogP contribution is 2.27. The number of nitrogens with zero attached hydrogens (tertiary/aromatic N) is 1. The molecule has 9 heteroatoms. The molecule has 0 spiro atoms. The molecule has 2 rings (SSSR count). The van der Waals surface area contributed by atoms with E-state index in [4.69, 9.17) is 10.5 Å². The van der Waals surface area contributed by atoms with Gasteiger partial charge in [-0.15, -0.1) is 0 Å². The van der Waals surface area contributed by atoms with Gasteiger partial charge in [0.15, 0.2) is 6.61 Å². The van der Waals surface area contributed by atoms with Crippen molar-refractivity contribution in [3.63, 3.8) is 0 Å². The third kappa shape index (κ3) is 6.99. The molecule has 0 aliphatic heterocycles. The molecule has 0 radical (unpaired) electrons. The first-order valence-corrected chi connectivity index (χ1v) is 9.58. The van der Waals surface area contributed by atoms with E-state index in [2.05, 4.69) is 5.32 Å². The number of halogens is 3. The molecule has 1 unspecified atom stereocenters. The Labute approximate surface area is 179 Å². The number of primary amides is 1. The second-order valence-electron chi connectivity index (χ2n) is 7.48. The van der Waals surface area contributed by atoms with Crippen LogP contribution in [0, 0.1) is 13.8 Å². The zero-order valence-electron chi connectivity index (χ0n) is 17.8. The van der Waals surface area contributed by atoms with Crippen LogP contribution in [-0.4, -0.2) is 42.6 Å². The maximum atomic E-state index is 12.6. The number of nitrogens with one attached hydrogen (secondary N) is 1. The topological polar surface area (TPSA) is 84.7 Å². The van der Waals surface area contributed by atoms with Crippen molar-refractivity contribution >= 4 is 17.5 Å². The van der Waals surface area contributed by atoms with Crippen LogP contribution in [-0.2, 0) is 11.3 Å². The van der Waals surface area contributed by atoms with Crippen LogP contribution < -0.4 is 15.8 Å². The van der Waals surface area contributed by atoms with E-state index >= 15 is 0 Å². The highest BCUT2D eigenvalue weighted by atomic mass is 19.4. The second kappa shape index (κ2) is 9.82. The summed E-state index contributed by atoms with van der Waals surface area (Å²) in [7, 11) is 1.78. The monoisotopic (exact) mass is 437 g/mol. The fourth-order valence-electron chi connectivity index (χ4n) is 3.10. The predicted molar refractivity (Wildman–Crippen MR) is 112 cm³/mol. The van der Waals surface area contributed by atoms with Gasteiger partial charge in [0.2, 0.25) is 11.8 Å². The largest absolute Gasteiger partial charge is 0.484 e. The molecule has 168 valence electrons. The summed E-state index contributed by atoms with van der Waals surface area (Å²) >= 11 is 0. The molecular formula is C22H26F3N3O3. The lowest BCUT2D eigenvalue weighted by atomic mass is 10.0. The molecule has 3 N–H and O–H groups in total. The number of alkyl halides is 3. The number of ether oxygens (including phenoxy) is 1. The van der Waals surface area contributed by atoms with Crippen LogP contribution in [0.3, 0.4) is 0 Å². The van der Waals surface area contributed by atoms with E-state index in [-0.39, 0.29) is 11.7 Å². The number of nitrogens with two attached hydrogens (primary N) is 1. The molecule has 0 fully saturated rings. The Morgan fingerprint density at radius 1 is 1.13 bits per heavy atom. The van der Waals surface area contributed by atoms with Gasteiger partial charge in [-0.05, 0) is 68.8 Å². The van der Waals surface area contributed by atoms with Crippen LogP contribution in [0.2, 0.25) is 0 Å². The minimum absolute atomic E-state index is 0.217. The van der Waals surface area contributed by atoms with Gasteiger partial charge in [-0.1, -0.05) is 12.1 Å². The minimum atomic E-state index is -4.40. The average Bonchev–Trinajstić information content (AvgIpc) is 2.66. The average molecular weight is 437 g/mol. The van der Waals surface area contributed by atoms with Crippen LogP contribution in [0.25, 0.3) is 0 Å². The first-order valence-electron chi connectivity index (χ1n) is 9.58. The number of anilines is 1. The quantitative estimate of drug-likeness (QED) is 0.658. The number of carbonyl (C=O) groups is 2. The number of likely N-dealkylation sites (N-methyl/N-ethyl adjacent to an activating group) is 1. The van der Waals surface area contributed by atoms with Crippen molar-refractivity contribution in [1.82, 2.24) is 4.90 Å². The summed E-state index contributed by atoms with van der Waals surface area (Å²) < 4.78 is 42.3. The van der Waals surface area contributed by atoms with Crippen molar-refractivity contribution in [3.05, 3.63) is 58.7 Å². The summed E-state index contributed by atoms with van der Waals surface area (Å²) in [5.41, 5.74) is 8.12. The Bertz CT molecular complexity index is 920. The number of hydrogen-bond acceptors (Lipinski definition) is 4. The molecule has 0 heterocycles. The Balaban J connectivity index is 2.02. The zero-order chi connectivity index (χ0) is 23.3.